The highest BCUT2D eigenvalue weighted by atomic mass is 35.5. The van der Waals surface area contributed by atoms with E-state index in [0.717, 1.165) is 118 Å². The van der Waals surface area contributed by atoms with E-state index in [2.05, 4.69) is 53.0 Å². The van der Waals surface area contributed by atoms with E-state index < -0.39 is 6.43 Å². The van der Waals surface area contributed by atoms with E-state index in [0.29, 0.717) is 71.2 Å². The summed E-state index contributed by atoms with van der Waals surface area (Å²) in [6.07, 6.45) is 9.10. The Morgan fingerprint density at radius 3 is 2.45 bits per heavy atom. The van der Waals surface area contributed by atoms with E-state index in [-0.39, 0.29) is 35.6 Å². The molecule has 2 amide bonds. The van der Waals surface area contributed by atoms with Crippen LogP contribution in [0.15, 0.2) is 54.9 Å². The molecule has 5 aliphatic rings. The van der Waals surface area contributed by atoms with Crippen molar-refractivity contribution in [3.63, 3.8) is 0 Å². The Bertz CT molecular complexity index is 2740. The summed E-state index contributed by atoms with van der Waals surface area (Å²) in [4.78, 5) is 34.9. The first-order chi connectivity index (χ1) is 33.4. The largest absolute Gasteiger partial charge is 0.490 e. The Hall–Kier alpha value is -6.12. The first kappa shape index (κ1) is 46.6. The molecule has 1 N–H and O–H groups in total. The topological polar surface area (TPSA) is 154 Å². The molecule has 7 heterocycles. The van der Waals surface area contributed by atoms with Crippen molar-refractivity contribution in [2.45, 2.75) is 115 Å². The van der Waals surface area contributed by atoms with Crippen molar-refractivity contribution in [1.29, 1.82) is 5.26 Å². The van der Waals surface area contributed by atoms with E-state index >= 15 is 0 Å². The molecule has 0 radical (unpaired) electrons. The van der Waals surface area contributed by atoms with Gasteiger partial charge in [-0.05, 0) is 111 Å². The van der Waals surface area contributed by atoms with Gasteiger partial charge in [0.15, 0.2) is 17.3 Å². The van der Waals surface area contributed by atoms with Crippen molar-refractivity contribution in [1.82, 2.24) is 44.9 Å². The van der Waals surface area contributed by atoms with Crippen LogP contribution in [0.4, 0.5) is 26.1 Å². The van der Waals surface area contributed by atoms with Crippen molar-refractivity contribution in [3.8, 4) is 22.9 Å². The van der Waals surface area contributed by atoms with Gasteiger partial charge in [-0.1, -0.05) is 18.5 Å². The number of nitriles is 1. The molecule has 0 spiro atoms. The Morgan fingerprint density at radius 2 is 1.77 bits per heavy atom. The molecule has 3 fully saturated rings. The van der Waals surface area contributed by atoms with Gasteiger partial charge in [-0.15, -0.1) is 10.2 Å². The van der Waals surface area contributed by atoms with Crippen LogP contribution in [0.25, 0.3) is 11.1 Å². The van der Waals surface area contributed by atoms with Crippen molar-refractivity contribution in [2.75, 3.05) is 49.1 Å². The van der Waals surface area contributed by atoms with Crippen LogP contribution in [0, 0.1) is 17.2 Å². The number of rotatable bonds is 10. The Labute approximate surface area is 406 Å². The van der Waals surface area contributed by atoms with Gasteiger partial charge < -0.3 is 24.8 Å². The molecule has 2 saturated heterocycles. The van der Waals surface area contributed by atoms with Gasteiger partial charge in [-0.3, -0.25) is 23.9 Å². The summed E-state index contributed by atoms with van der Waals surface area (Å²) >= 11 is 6.18. The van der Waals surface area contributed by atoms with Gasteiger partial charge in [0.1, 0.15) is 11.8 Å². The smallest absolute Gasteiger partial charge is 0.272 e. The number of piperidine rings is 2. The summed E-state index contributed by atoms with van der Waals surface area (Å²) in [5.41, 5.74) is 5.84. The molecular formula is C51H59ClF2N12O3. The van der Waals surface area contributed by atoms with Crippen molar-refractivity contribution < 1.29 is 23.1 Å². The molecule has 1 saturated carbocycles. The lowest BCUT2D eigenvalue weighted by molar-refractivity contribution is -0.129. The summed E-state index contributed by atoms with van der Waals surface area (Å²) in [5, 5.41) is 31.2. The second kappa shape index (κ2) is 19.7. The lowest BCUT2D eigenvalue weighted by atomic mass is 9.90. The lowest BCUT2D eigenvalue weighted by Crippen LogP contribution is -2.52. The van der Waals surface area contributed by atoms with Crippen LogP contribution in [0.2, 0.25) is 5.02 Å². The number of amides is 2. The number of hydrogen-bond donors (Lipinski definition) is 1. The third-order valence-corrected chi connectivity index (χ3v) is 15.5. The van der Waals surface area contributed by atoms with Crippen LogP contribution in [0.3, 0.4) is 0 Å². The van der Waals surface area contributed by atoms with E-state index in [4.69, 9.17) is 26.7 Å². The standard InChI is InChI=1S/C51H59ClF2N12O3/c1-31-28-64(48-13-12-44(58-59-48)51(68)57-36-7-10-38(11-8-36)69-39-9-6-34(26-55)43(52)24-39)22-16-45(31)62-19-14-37(15-20-62)66-46-17-21-63(32(2)67)30-42(46)50(60-66)65-18-4-5-33-23-40(35-27-56-61(3)29-35)41(49(53)54)25-47(33)65/h6,9,12-13,23-25,27,29,31,36-38,45,49H,4-5,7-8,10-11,14-22,28,30H2,1-3H3,(H,57,68)/t31-,36?,38?,45-/m0/s1. The normalized spacial score (nSPS) is 22.3. The van der Waals surface area contributed by atoms with Gasteiger partial charge in [-0.2, -0.15) is 15.5 Å². The minimum Gasteiger partial charge on any atom is -0.490 e. The highest BCUT2D eigenvalue weighted by Gasteiger charge is 2.38. The van der Waals surface area contributed by atoms with Crippen LogP contribution in [-0.4, -0.2) is 109 Å². The fourth-order valence-corrected chi connectivity index (χ4v) is 11.7. The number of nitrogens with one attached hydrogen (secondary N) is 1. The molecule has 3 aromatic heterocycles. The molecule has 2 atom stereocenters. The Morgan fingerprint density at radius 1 is 0.957 bits per heavy atom. The summed E-state index contributed by atoms with van der Waals surface area (Å²) in [7, 11) is 1.79. The average Bonchev–Trinajstić information content (AvgIpc) is 3.97. The minimum absolute atomic E-state index is 0.0111. The number of hydrogen-bond acceptors (Lipinski definition) is 11. The molecule has 2 aromatic carbocycles. The van der Waals surface area contributed by atoms with Gasteiger partial charge in [0.05, 0.1) is 35.5 Å². The number of anilines is 3. The van der Waals surface area contributed by atoms with Crippen molar-refractivity contribution in [2.24, 2.45) is 13.0 Å². The molecular weight excluding hydrogens is 902 g/mol. The van der Waals surface area contributed by atoms with Crippen LogP contribution < -0.4 is 19.9 Å². The maximum atomic E-state index is 14.8. The first-order valence-electron chi connectivity index (χ1n) is 24.5. The second-order valence-corrected chi connectivity index (χ2v) is 20.0. The highest BCUT2D eigenvalue weighted by Crippen LogP contribution is 2.44. The third-order valence-electron chi connectivity index (χ3n) is 15.1. The highest BCUT2D eigenvalue weighted by molar-refractivity contribution is 6.31. The number of alkyl halides is 2. The van der Waals surface area contributed by atoms with Crippen LogP contribution in [-0.2, 0) is 31.2 Å². The third kappa shape index (κ3) is 9.62. The SMILES string of the molecule is CC(=O)N1CCc2c(c(N3CCCc4cc(-c5cnn(C)c5)c(C(F)F)cc43)nn2C2CCN([C@H]3CCN(c4ccc(C(=O)NC5CCC(Oc6ccc(C#N)c(Cl)c6)CC5)nn4)C[C@@H]3C)CC2)C1. The van der Waals surface area contributed by atoms with Gasteiger partial charge in [0.25, 0.3) is 12.3 Å². The monoisotopic (exact) mass is 960 g/mol. The Balaban J connectivity index is 0.756. The van der Waals surface area contributed by atoms with Crippen molar-refractivity contribution >= 4 is 40.7 Å². The second-order valence-electron chi connectivity index (χ2n) is 19.6. The first-order valence-corrected chi connectivity index (χ1v) is 24.9. The molecule has 1 aliphatic carbocycles. The van der Waals surface area contributed by atoms with E-state index in [9.17, 15) is 18.4 Å². The fourth-order valence-electron chi connectivity index (χ4n) is 11.5. The molecule has 0 unspecified atom stereocenters. The van der Waals surface area contributed by atoms with Gasteiger partial charge in [0, 0.05) is 112 Å². The zero-order valence-corrected chi connectivity index (χ0v) is 40.2. The molecule has 0 bridgehead atoms. The molecule has 10 rings (SSSR count). The molecule has 362 valence electrons. The zero-order chi connectivity index (χ0) is 47.9. The lowest BCUT2D eigenvalue weighted by Gasteiger charge is -2.45. The van der Waals surface area contributed by atoms with Gasteiger partial charge >= 0.3 is 0 Å². The minimum atomic E-state index is -2.66. The molecule has 4 aliphatic heterocycles. The summed E-state index contributed by atoms with van der Waals surface area (Å²) < 4.78 is 39.6. The number of ether oxygens (including phenoxy) is 1. The molecule has 15 nitrogen and oxygen atoms in total. The van der Waals surface area contributed by atoms with Gasteiger partial charge in [-0.25, -0.2) is 8.78 Å². The summed E-state index contributed by atoms with van der Waals surface area (Å²) in [5.74, 6) is 2.37. The number of fused-ring (bicyclic) bond motifs is 2. The fraction of sp³-hybridized carbons (Fsp3) is 0.510. The maximum absolute atomic E-state index is 14.8. The number of aromatic nitrogens is 6. The van der Waals surface area contributed by atoms with Crippen LogP contribution in [0.1, 0.15) is 116 Å². The van der Waals surface area contributed by atoms with E-state index in [1.807, 2.05) is 17.0 Å². The van der Waals surface area contributed by atoms with Gasteiger partial charge in [0.2, 0.25) is 5.91 Å². The van der Waals surface area contributed by atoms with Crippen LogP contribution >= 0.6 is 11.6 Å². The zero-order valence-electron chi connectivity index (χ0n) is 39.5. The molecule has 18 heteroatoms. The van der Waals surface area contributed by atoms with E-state index in [1.165, 1.54) is 0 Å². The molecule has 69 heavy (non-hydrogen) atoms. The van der Waals surface area contributed by atoms with Crippen molar-refractivity contribution in [3.05, 3.63) is 93.5 Å². The number of likely N-dealkylation sites (tertiary alicyclic amines) is 1. The summed E-state index contributed by atoms with van der Waals surface area (Å²) in [6, 6.07) is 15.0. The predicted molar refractivity (Wildman–Crippen MR) is 258 cm³/mol. The number of benzene rings is 2. The Kier molecular flexibility index (Phi) is 13.3. The maximum Gasteiger partial charge on any atom is 0.272 e. The summed E-state index contributed by atoms with van der Waals surface area (Å²) in [6.45, 7) is 9.21. The number of halogens is 3. The number of carbonyl (C=O) groups is 2. The average molecular weight is 962 g/mol. The van der Waals surface area contributed by atoms with Crippen LogP contribution in [0.5, 0.6) is 5.75 Å². The number of carbonyl (C=O) groups excluding carboxylic acids is 2. The number of aryl methyl sites for hydroxylation is 2. The number of nitrogens with zero attached hydrogens (tertiary/aromatic N) is 11. The molecule has 5 aromatic rings. The predicted octanol–water partition coefficient (Wildman–Crippen LogP) is 8.20. The van der Waals surface area contributed by atoms with E-state index in [1.54, 1.807) is 61.4 Å². The quantitative estimate of drug-likeness (QED) is 0.144.